The molecule has 0 unspecified atom stereocenters. The average Bonchev–Trinajstić information content (AvgIpc) is 4.27. The maximum atomic E-state index is 12.6. The van der Waals surface area contributed by atoms with E-state index < -0.39 is 23.9 Å². The van der Waals surface area contributed by atoms with E-state index in [1.807, 2.05) is 159 Å². The number of ether oxygens (including phenoxy) is 4. The lowest BCUT2D eigenvalue weighted by Crippen LogP contribution is -2.10. The molecule has 4 aromatic carbocycles. The van der Waals surface area contributed by atoms with Crippen molar-refractivity contribution < 1.29 is 38.1 Å². The standard InChI is InChI=1S/2C26H25N7O4/c2*1-31(2)17-18(24-23(26(35)37-4)28-30-33(24)20-13-9-6-10-14-20)15-16-21-22(25(34)36-3)27-29-32(21)19-11-7-5-8-12-19/h2*5-17H,1-4H3/b2*16-15+,18-17-. The molecule has 0 atom stereocenters. The van der Waals surface area contributed by atoms with Crippen LogP contribution < -0.4 is 0 Å². The third-order valence-electron chi connectivity index (χ3n) is 10.5. The van der Waals surface area contributed by atoms with Gasteiger partial charge in [0.2, 0.25) is 0 Å². The Labute approximate surface area is 424 Å². The first-order chi connectivity index (χ1) is 35.9. The largest absolute Gasteiger partial charge is 0.464 e. The summed E-state index contributed by atoms with van der Waals surface area (Å²) in [6, 6.07) is 37.1. The van der Waals surface area contributed by atoms with Gasteiger partial charge in [0, 0.05) is 51.7 Å². The number of carbonyl (C=O) groups is 4. The second kappa shape index (κ2) is 24.1. The summed E-state index contributed by atoms with van der Waals surface area (Å²) in [5.41, 5.74) is 5.66. The highest BCUT2D eigenvalue weighted by Gasteiger charge is 2.27. The van der Waals surface area contributed by atoms with Crippen molar-refractivity contribution in [3.05, 3.63) is 191 Å². The highest BCUT2D eigenvalue weighted by Crippen LogP contribution is 2.28. The van der Waals surface area contributed by atoms with E-state index in [0.29, 0.717) is 56.7 Å². The van der Waals surface area contributed by atoms with E-state index in [0.717, 1.165) is 0 Å². The minimum atomic E-state index is -0.638. The van der Waals surface area contributed by atoms with Crippen LogP contribution in [0, 0.1) is 0 Å². The zero-order valence-corrected chi connectivity index (χ0v) is 41.5. The lowest BCUT2D eigenvalue weighted by molar-refractivity contribution is 0.0584. The first-order valence-corrected chi connectivity index (χ1v) is 22.4. The molecule has 8 aromatic rings. The predicted octanol–water partition coefficient (Wildman–Crippen LogP) is 6.07. The van der Waals surface area contributed by atoms with E-state index >= 15 is 0 Å². The monoisotopic (exact) mass is 998 g/mol. The Morgan fingerprint density at radius 2 is 0.649 bits per heavy atom. The quantitative estimate of drug-likeness (QED) is 0.0606. The van der Waals surface area contributed by atoms with E-state index in [1.54, 1.807) is 46.1 Å². The highest BCUT2D eigenvalue weighted by molar-refractivity contribution is 5.97. The fraction of sp³-hybridized carbons (Fsp3) is 0.154. The number of rotatable bonds is 16. The molecule has 0 N–H and O–H groups in total. The molecule has 0 saturated carbocycles. The van der Waals surface area contributed by atoms with Crippen LogP contribution >= 0.6 is 0 Å². The Balaban J connectivity index is 0.000000216. The summed E-state index contributed by atoms with van der Waals surface area (Å²) in [7, 11) is 12.5. The van der Waals surface area contributed by atoms with Crippen molar-refractivity contribution in [1.82, 2.24) is 69.8 Å². The molecular weight excluding hydrogens is 949 g/mol. The molecule has 22 heteroatoms. The van der Waals surface area contributed by atoms with Crippen LogP contribution in [0.5, 0.6) is 0 Å². The Bertz CT molecular complexity index is 3130. The topological polar surface area (TPSA) is 235 Å². The third-order valence-corrected chi connectivity index (χ3v) is 10.5. The Kier molecular flexibility index (Phi) is 16.9. The fourth-order valence-corrected chi connectivity index (χ4v) is 7.19. The second-order valence-electron chi connectivity index (χ2n) is 15.9. The first kappa shape index (κ1) is 51.7. The van der Waals surface area contributed by atoms with Gasteiger partial charge in [-0.25, -0.2) is 37.9 Å². The maximum absolute atomic E-state index is 12.6. The summed E-state index contributed by atoms with van der Waals surface area (Å²) in [6.07, 6.45) is 10.4. The van der Waals surface area contributed by atoms with Crippen LogP contribution in [0.1, 0.15) is 64.7 Å². The Morgan fingerprint density at radius 1 is 0.392 bits per heavy atom. The van der Waals surface area contributed by atoms with Gasteiger partial charge in [-0.15, -0.1) is 20.4 Å². The van der Waals surface area contributed by atoms with Crippen LogP contribution in [0.4, 0.5) is 0 Å². The molecule has 0 spiro atoms. The number of aromatic nitrogens is 12. The fourth-order valence-electron chi connectivity index (χ4n) is 7.19. The number of allylic oxidation sites excluding steroid dienone is 4. The second-order valence-corrected chi connectivity index (χ2v) is 15.9. The molecule has 376 valence electrons. The van der Waals surface area contributed by atoms with Gasteiger partial charge >= 0.3 is 23.9 Å². The normalized spacial score (nSPS) is 11.5. The molecule has 0 fully saturated rings. The van der Waals surface area contributed by atoms with Crippen molar-refractivity contribution >= 4 is 47.2 Å². The molecule has 4 heterocycles. The Hall–Kier alpha value is -10.1. The average molecular weight is 999 g/mol. The summed E-state index contributed by atoms with van der Waals surface area (Å²) in [6.45, 7) is 0. The minimum Gasteiger partial charge on any atom is -0.464 e. The molecule has 74 heavy (non-hydrogen) atoms. The molecule has 0 aliphatic heterocycles. The van der Waals surface area contributed by atoms with Crippen molar-refractivity contribution in [3.63, 3.8) is 0 Å². The lowest BCUT2D eigenvalue weighted by atomic mass is 10.1. The van der Waals surface area contributed by atoms with E-state index in [-0.39, 0.29) is 22.8 Å². The zero-order chi connectivity index (χ0) is 52.7. The minimum absolute atomic E-state index is 0.0342. The number of para-hydroxylation sites is 4. The zero-order valence-electron chi connectivity index (χ0n) is 41.5. The Morgan fingerprint density at radius 3 is 0.932 bits per heavy atom. The summed E-state index contributed by atoms with van der Waals surface area (Å²) < 4.78 is 25.9. The molecule has 0 saturated heterocycles. The smallest absolute Gasteiger partial charge is 0.360 e. The van der Waals surface area contributed by atoms with E-state index in [1.165, 1.54) is 37.8 Å². The number of methoxy groups -OCH3 is 4. The highest BCUT2D eigenvalue weighted by atomic mass is 16.5. The predicted molar refractivity (Wildman–Crippen MR) is 272 cm³/mol. The number of nitrogens with zero attached hydrogens (tertiary/aromatic N) is 14. The van der Waals surface area contributed by atoms with Crippen molar-refractivity contribution in [1.29, 1.82) is 0 Å². The van der Waals surface area contributed by atoms with Gasteiger partial charge in [0.1, 0.15) is 22.8 Å². The number of esters is 4. The van der Waals surface area contributed by atoms with E-state index in [4.69, 9.17) is 18.9 Å². The molecule has 0 amide bonds. The van der Waals surface area contributed by atoms with Crippen molar-refractivity contribution in [2.24, 2.45) is 0 Å². The number of hydrogen-bond acceptors (Lipinski definition) is 18. The van der Waals surface area contributed by atoms with Gasteiger partial charge < -0.3 is 28.7 Å². The molecule has 22 nitrogen and oxygen atoms in total. The third kappa shape index (κ3) is 11.7. The summed E-state index contributed by atoms with van der Waals surface area (Å²) in [5.74, 6) is -2.54. The summed E-state index contributed by atoms with van der Waals surface area (Å²) in [4.78, 5) is 53.8. The van der Waals surface area contributed by atoms with Crippen molar-refractivity contribution in [2.75, 3.05) is 56.6 Å². The molecule has 0 aliphatic carbocycles. The van der Waals surface area contributed by atoms with Gasteiger partial charge in [-0.1, -0.05) is 93.6 Å². The van der Waals surface area contributed by atoms with Crippen LogP contribution in [-0.4, -0.2) is 150 Å². The van der Waals surface area contributed by atoms with E-state index in [9.17, 15) is 19.2 Å². The number of hydrogen-bond donors (Lipinski definition) is 0. The van der Waals surface area contributed by atoms with Crippen LogP contribution in [0.15, 0.2) is 146 Å². The first-order valence-electron chi connectivity index (χ1n) is 22.4. The van der Waals surface area contributed by atoms with Crippen LogP contribution in [0.2, 0.25) is 0 Å². The lowest BCUT2D eigenvalue weighted by Gasteiger charge is -2.12. The molecule has 0 aliphatic rings. The van der Waals surface area contributed by atoms with Crippen molar-refractivity contribution in [2.45, 2.75) is 0 Å². The van der Waals surface area contributed by atoms with Crippen LogP contribution in [0.3, 0.4) is 0 Å². The van der Waals surface area contributed by atoms with Crippen molar-refractivity contribution in [3.8, 4) is 22.7 Å². The summed E-state index contributed by atoms with van der Waals surface area (Å²) >= 11 is 0. The van der Waals surface area contributed by atoms with Gasteiger partial charge in [0.05, 0.1) is 51.2 Å². The molecule has 0 bridgehead atoms. The van der Waals surface area contributed by atoms with E-state index in [2.05, 4.69) is 41.2 Å². The molecular formula is C52H50N14O8. The van der Waals surface area contributed by atoms with Crippen LogP contribution in [0.25, 0.3) is 46.0 Å². The maximum Gasteiger partial charge on any atom is 0.360 e. The summed E-state index contributed by atoms with van der Waals surface area (Å²) in [5, 5.41) is 33.1. The van der Waals surface area contributed by atoms with Gasteiger partial charge in [-0.3, -0.25) is 0 Å². The van der Waals surface area contributed by atoms with Gasteiger partial charge in [0.25, 0.3) is 0 Å². The number of carbonyl (C=O) groups excluding carboxylic acids is 4. The SMILES string of the molecule is COC(=O)c1nnn(-c2ccccc2)c1/C=C/C(=C/N(C)C)c1c(C(=O)OC)nnn1-c1ccccc1.COC(=O)c1nnn(-c2ccccc2)c1/C=C/C(=C/N(C)C)c1c(C(=O)OC)nnn1-c1ccccc1. The molecule has 0 radical (unpaired) electrons. The van der Waals surface area contributed by atoms with Gasteiger partial charge in [0.15, 0.2) is 22.8 Å². The van der Waals surface area contributed by atoms with Crippen LogP contribution in [-0.2, 0) is 18.9 Å². The van der Waals surface area contributed by atoms with Gasteiger partial charge in [-0.2, -0.15) is 0 Å². The number of benzene rings is 4. The molecule has 4 aromatic heterocycles. The van der Waals surface area contributed by atoms with Gasteiger partial charge in [-0.05, 0) is 72.8 Å². The molecule has 8 rings (SSSR count).